The van der Waals surface area contributed by atoms with Crippen LogP contribution >= 0.6 is 22.9 Å². The Hall–Kier alpha value is -2.77. The first-order chi connectivity index (χ1) is 13.0. The predicted octanol–water partition coefficient (Wildman–Crippen LogP) is 4.55. The van der Waals surface area contributed by atoms with Crippen molar-refractivity contribution in [1.29, 1.82) is 0 Å². The molecular weight excluding hydrogens is 387 g/mol. The zero-order valence-corrected chi connectivity index (χ0v) is 15.8. The van der Waals surface area contributed by atoms with Gasteiger partial charge in [-0.15, -0.1) is 0 Å². The molecule has 0 spiro atoms. The first-order valence-electron chi connectivity index (χ1n) is 8.11. The lowest BCUT2D eigenvalue weighted by Crippen LogP contribution is -2.25. The molecule has 8 heteroatoms. The number of fused-ring (bicyclic) bond motifs is 1. The van der Waals surface area contributed by atoms with Crippen molar-refractivity contribution in [3.05, 3.63) is 76.8 Å². The molecule has 0 aliphatic rings. The summed E-state index contributed by atoms with van der Waals surface area (Å²) in [5.74, 6) is -0.712. The quantitative estimate of drug-likeness (QED) is 0.505. The molecule has 0 aliphatic carbocycles. The lowest BCUT2D eigenvalue weighted by atomic mass is 10.2. The number of hydrogen-bond acceptors (Lipinski definition) is 4. The third-order valence-electron chi connectivity index (χ3n) is 4.06. The van der Waals surface area contributed by atoms with Gasteiger partial charge in [0.05, 0.1) is 27.0 Å². The van der Waals surface area contributed by atoms with Crippen LogP contribution in [0.1, 0.15) is 15.9 Å². The average molecular weight is 401 g/mol. The zero-order chi connectivity index (χ0) is 19.0. The third kappa shape index (κ3) is 3.56. The van der Waals surface area contributed by atoms with E-state index in [1.54, 1.807) is 24.0 Å². The van der Waals surface area contributed by atoms with E-state index in [0.717, 1.165) is 10.2 Å². The molecule has 2 aromatic heterocycles. The van der Waals surface area contributed by atoms with Crippen LogP contribution in [0.15, 0.2) is 54.9 Å². The molecular formula is C19H14ClFN4OS. The second-order valence-corrected chi connectivity index (χ2v) is 7.46. The molecule has 0 unspecified atom stereocenters. The monoisotopic (exact) mass is 400 g/mol. The number of carbonyl (C=O) groups excluding carboxylic acids is 1. The largest absolute Gasteiger partial charge is 0.337 e. The normalized spacial score (nSPS) is 11.1. The molecule has 4 aromatic rings. The molecule has 0 aliphatic heterocycles. The summed E-state index contributed by atoms with van der Waals surface area (Å²) in [6.45, 7) is 0.263. The smallest absolute Gasteiger partial charge is 0.257 e. The van der Waals surface area contributed by atoms with Crippen molar-refractivity contribution in [3.63, 3.8) is 0 Å². The van der Waals surface area contributed by atoms with Gasteiger partial charge in [0.15, 0.2) is 0 Å². The van der Waals surface area contributed by atoms with Gasteiger partial charge in [0.1, 0.15) is 5.82 Å². The molecule has 0 fully saturated rings. The fraction of sp³-hybridized carbons (Fsp3) is 0.105. The van der Waals surface area contributed by atoms with Gasteiger partial charge < -0.3 is 4.90 Å². The topological polar surface area (TPSA) is 51.0 Å². The van der Waals surface area contributed by atoms with Crippen LogP contribution in [0.2, 0.25) is 5.02 Å². The van der Waals surface area contributed by atoms with E-state index in [2.05, 4.69) is 10.1 Å². The summed E-state index contributed by atoms with van der Waals surface area (Å²) in [4.78, 5) is 18.7. The minimum atomic E-state index is -0.501. The number of para-hydroxylation sites is 1. The van der Waals surface area contributed by atoms with Crippen molar-refractivity contribution in [2.45, 2.75) is 6.54 Å². The number of amides is 1. The molecule has 0 saturated carbocycles. The summed E-state index contributed by atoms with van der Waals surface area (Å²) in [5, 5.41) is 5.01. The van der Waals surface area contributed by atoms with Gasteiger partial charge >= 0.3 is 0 Å². The summed E-state index contributed by atoms with van der Waals surface area (Å²) in [7, 11) is 1.66. The summed E-state index contributed by atoms with van der Waals surface area (Å²) in [6, 6.07) is 12.3. The number of rotatable bonds is 4. The molecule has 0 bridgehead atoms. The molecule has 0 atom stereocenters. The maximum Gasteiger partial charge on any atom is 0.257 e. The zero-order valence-electron chi connectivity index (χ0n) is 14.3. The lowest BCUT2D eigenvalue weighted by Gasteiger charge is -2.16. The minimum absolute atomic E-state index is 0.0600. The van der Waals surface area contributed by atoms with Gasteiger partial charge in [-0.25, -0.2) is 14.1 Å². The van der Waals surface area contributed by atoms with Crippen LogP contribution in [0.5, 0.6) is 0 Å². The molecule has 136 valence electrons. The summed E-state index contributed by atoms with van der Waals surface area (Å²) in [5.41, 5.74) is 1.99. The Kier molecular flexibility index (Phi) is 4.63. The maximum atomic E-state index is 13.6. The highest BCUT2D eigenvalue weighted by Crippen LogP contribution is 2.24. The first-order valence-corrected chi connectivity index (χ1v) is 9.31. The number of benzene rings is 2. The van der Waals surface area contributed by atoms with Gasteiger partial charge in [0, 0.05) is 19.8 Å². The molecule has 2 heterocycles. The van der Waals surface area contributed by atoms with Crippen molar-refractivity contribution >= 4 is 39.1 Å². The van der Waals surface area contributed by atoms with E-state index in [-0.39, 0.29) is 17.5 Å². The van der Waals surface area contributed by atoms with E-state index in [9.17, 15) is 9.18 Å². The van der Waals surface area contributed by atoms with E-state index in [1.165, 1.54) is 34.6 Å². The molecule has 2 aromatic carbocycles. The minimum Gasteiger partial charge on any atom is -0.337 e. The number of thiazole rings is 1. The van der Waals surface area contributed by atoms with Gasteiger partial charge in [-0.05, 0) is 29.8 Å². The summed E-state index contributed by atoms with van der Waals surface area (Å²) < 4.78 is 16.2. The van der Waals surface area contributed by atoms with Crippen molar-refractivity contribution < 1.29 is 9.18 Å². The number of carbonyl (C=O) groups is 1. The van der Waals surface area contributed by atoms with E-state index in [0.29, 0.717) is 16.3 Å². The molecule has 27 heavy (non-hydrogen) atoms. The number of nitrogens with zero attached hydrogens (tertiary/aromatic N) is 4. The van der Waals surface area contributed by atoms with E-state index in [4.69, 9.17) is 11.6 Å². The molecule has 5 nitrogen and oxygen atoms in total. The standard InChI is InChI=1S/C19H14ClFN4OS/c1-24(10-12-6-7-14(20)15(21)8-12)18(26)13-9-22-25(11-13)19-23-16-4-2-3-5-17(16)27-19/h2-9,11H,10H2,1H3. The molecule has 0 saturated heterocycles. The Morgan fingerprint density at radius 3 is 2.89 bits per heavy atom. The van der Waals surface area contributed by atoms with Crippen LogP contribution < -0.4 is 0 Å². The van der Waals surface area contributed by atoms with Crippen molar-refractivity contribution in [2.75, 3.05) is 7.05 Å². The number of aromatic nitrogens is 3. The second-order valence-electron chi connectivity index (χ2n) is 6.05. The van der Waals surface area contributed by atoms with Crippen LogP contribution in [0.4, 0.5) is 4.39 Å². The fourth-order valence-electron chi connectivity index (χ4n) is 2.70. The van der Waals surface area contributed by atoms with E-state index >= 15 is 0 Å². The van der Waals surface area contributed by atoms with Crippen LogP contribution in [0.25, 0.3) is 15.3 Å². The Balaban J connectivity index is 1.53. The van der Waals surface area contributed by atoms with Gasteiger partial charge in [0.25, 0.3) is 5.91 Å². The maximum absolute atomic E-state index is 13.6. The number of halogens is 2. The van der Waals surface area contributed by atoms with E-state index in [1.807, 2.05) is 24.3 Å². The Morgan fingerprint density at radius 2 is 2.11 bits per heavy atom. The molecule has 0 N–H and O–H groups in total. The average Bonchev–Trinajstić information content (AvgIpc) is 3.30. The second kappa shape index (κ2) is 7.09. The van der Waals surface area contributed by atoms with Crippen LogP contribution in [-0.2, 0) is 6.54 Å². The third-order valence-corrected chi connectivity index (χ3v) is 5.39. The highest BCUT2D eigenvalue weighted by atomic mass is 35.5. The van der Waals surface area contributed by atoms with Gasteiger partial charge in [-0.1, -0.05) is 41.1 Å². The Labute approximate surface area is 163 Å². The molecule has 4 rings (SSSR count). The summed E-state index contributed by atoms with van der Waals surface area (Å²) in [6.07, 6.45) is 3.16. The Bertz CT molecular complexity index is 1110. The van der Waals surface area contributed by atoms with Crippen LogP contribution in [0.3, 0.4) is 0 Å². The SMILES string of the molecule is CN(Cc1ccc(Cl)c(F)c1)C(=O)c1cnn(-c2nc3ccccc3s2)c1. The van der Waals surface area contributed by atoms with E-state index < -0.39 is 5.82 Å². The van der Waals surface area contributed by atoms with Gasteiger partial charge in [0.2, 0.25) is 5.13 Å². The van der Waals surface area contributed by atoms with Gasteiger partial charge in [-0.2, -0.15) is 5.10 Å². The summed E-state index contributed by atoms with van der Waals surface area (Å²) >= 11 is 7.19. The first kappa shape index (κ1) is 17.6. The van der Waals surface area contributed by atoms with Crippen molar-refractivity contribution in [2.24, 2.45) is 0 Å². The van der Waals surface area contributed by atoms with Gasteiger partial charge in [-0.3, -0.25) is 4.79 Å². The molecule has 0 radical (unpaired) electrons. The van der Waals surface area contributed by atoms with Crippen molar-refractivity contribution in [3.8, 4) is 5.13 Å². The predicted molar refractivity (Wildman–Crippen MR) is 104 cm³/mol. The highest BCUT2D eigenvalue weighted by Gasteiger charge is 2.16. The Morgan fingerprint density at radius 1 is 1.30 bits per heavy atom. The van der Waals surface area contributed by atoms with Crippen LogP contribution in [0, 0.1) is 5.82 Å². The number of hydrogen-bond donors (Lipinski definition) is 0. The highest BCUT2D eigenvalue weighted by molar-refractivity contribution is 7.20. The fourth-order valence-corrected chi connectivity index (χ4v) is 3.72. The van der Waals surface area contributed by atoms with Crippen molar-refractivity contribution in [1.82, 2.24) is 19.7 Å². The molecule has 1 amide bonds. The van der Waals surface area contributed by atoms with Crippen LogP contribution in [-0.4, -0.2) is 32.6 Å². The lowest BCUT2D eigenvalue weighted by molar-refractivity contribution is 0.0785.